The summed E-state index contributed by atoms with van der Waals surface area (Å²) in [5, 5.41) is 5.80. The van der Waals surface area contributed by atoms with Crippen molar-refractivity contribution in [3.05, 3.63) is 95.8 Å². The monoisotopic (exact) mass is 693 g/mol. The average Bonchev–Trinajstić information content (AvgIpc) is 3.69. The molecule has 0 radical (unpaired) electrons. The van der Waals surface area contributed by atoms with Gasteiger partial charge in [0.05, 0.1) is 24.8 Å². The lowest BCUT2D eigenvalue weighted by molar-refractivity contribution is -0.141. The highest BCUT2D eigenvalue weighted by molar-refractivity contribution is 5.93. The number of imidazole rings is 1. The van der Waals surface area contributed by atoms with Crippen molar-refractivity contribution in [3.8, 4) is 5.75 Å². The Kier molecular flexibility index (Phi) is 11.1. The topological polar surface area (TPSA) is 121 Å². The predicted molar refractivity (Wildman–Crippen MR) is 180 cm³/mol. The van der Waals surface area contributed by atoms with Crippen LogP contribution in [0.1, 0.15) is 50.2 Å². The highest BCUT2D eigenvalue weighted by Crippen LogP contribution is 2.29. The van der Waals surface area contributed by atoms with E-state index in [4.69, 9.17) is 4.74 Å². The molecule has 1 aliphatic rings. The van der Waals surface area contributed by atoms with Gasteiger partial charge in [-0.25, -0.2) is 23.1 Å². The number of benzene rings is 2. The SMILES string of the molecule is CNC(C)C(=O)NC(C(=O)N1CC(Oc2ccc(F)cc2)CC1CN(CCc1ccc(F)cc1)C(=O)c1cn2cc(F)cnc2n1)C(C)(C)C. The van der Waals surface area contributed by atoms with Crippen molar-refractivity contribution in [2.75, 3.05) is 26.7 Å². The van der Waals surface area contributed by atoms with Gasteiger partial charge >= 0.3 is 0 Å². The van der Waals surface area contributed by atoms with Crippen LogP contribution in [0.3, 0.4) is 0 Å². The van der Waals surface area contributed by atoms with Crippen molar-refractivity contribution in [1.29, 1.82) is 0 Å². The van der Waals surface area contributed by atoms with Gasteiger partial charge in [0.25, 0.3) is 5.91 Å². The number of rotatable bonds is 12. The van der Waals surface area contributed by atoms with Crippen LogP contribution in [-0.4, -0.2) is 92.8 Å². The van der Waals surface area contributed by atoms with Crippen LogP contribution in [0, 0.1) is 22.9 Å². The molecule has 1 aliphatic heterocycles. The molecular formula is C36H42F3N7O4. The number of amides is 3. The van der Waals surface area contributed by atoms with Crippen LogP contribution < -0.4 is 15.4 Å². The first-order valence-electron chi connectivity index (χ1n) is 16.5. The average molecular weight is 694 g/mol. The van der Waals surface area contributed by atoms with Crippen LogP contribution in [0.2, 0.25) is 0 Å². The molecule has 0 bridgehead atoms. The Hall–Kier alpha value is -4.98. The molecule has 4 unspecified atom stereocenters. The van der Waals surface area contributed by atoms with Crippen LogP contribution >= 0.6 is 0 Å². The van der Waals surface area contributed by atoms with Crippen LogP contribution in [0.15, 0.2) is 67.1 Å². The molecule has 0 saturated carbocycles. The fraction of sp³-hybridized carbons (Fsp3) is 0.417. The zero-order valence-electron chi connectivity index (χ0n) is 28.7. The molecule has 4 atom stereocenters. The molecule has 3 heterocycles. The summed E-state index contributed by atoms with van der Waals surface area (Å²) >= 11 is 0. The quantitative estimate of drug-likeness (QED) is 0.230. The summed E-state index contributed by atoms with van der Waals surface area (Å²) in [4.78, 5) is 53.1. The minimum atomic E-state index is -0.916. The number of likely N-dealkylation sites (N-methyl/N-ethyl adjacent to an activating group) is 1. The smallest absolute Gasteiger partial charge is 0.274 e. The van der Waals surface area contributed by atoms with E-state index in [1.807, 2.05) is 20.8 Å². The van der Waals surface area contributed by atoms with Gasteiger partial charge in [0, 0.05) is 31.9 Å². The number of aromatic nitrogens is 3. The van der Waals surface area contributed by atoms with E-state index in [-0.39, 0.29) is 48.7 Å². The van der Waals surface area contributed by atoms with Gasteiger partial charge in [-0.15, -0.1) is 0 Å². The Bertz CT molecular complexity index is 1810. The maximum Gasteiger partial charge on any atom is 0.274 e. The lowest BCUT2D eigenvalue weighted by Crippen LogP contribution is -2.59. The lowest BCUT2D eigenvalue weighted by atomic mass is 9.85. The Labute approximate surface area is 288 Å². The number of likely N-dealkylation sites (tertiary alicyclic amines) is 1. The molecular weight excluding hydrogens is 651 g/mol. The highest BCUT2D eigenvalue weighted by atomic mass is 19.1. The minimum absolute atomic E-state index is 0.0260. The molecule has 0 spiro atoms. The van der Waals surface area contributed by atoms with Crippen molar-refractivity contribution >= 4 is 23.5 Å². The summed E-state index contributed by atoms with van der Waals surface area (Å²) in [5.41, 5.74) is 0.129. The largest absolute Gasteiger partial charge is 0.489 e. The second-order valence-electron chi connectivity index (χ2n) is 13.6. The fourth-order valence-electron chi connectivity index (χ4n) is 5.89. The first-order valence-corrected chi connectivity index (χ1v) is 16.5. The minimum Gasteiger partial charge on any atom is -0.489 e. The van der Waals surface area contributed by atoms with Gasteiger partial charge in [-0.3, -0.25) is 18.8 Å². The summed E-state index contributed by atoms with van der Waals surface area (Å²) in [6.07, 6.45) is 3.74. The van der Waals surface area contributed by atoms with E-state index in [9.17, 15) is 27.6 Å². The number of carbonyl (C=O) groups excluding carboxylic acids is 3. The Balaban J connectivity index is 1.47. The summed E-state index contributed by atoms with van der Waals surface area (Å²) in [5.74, 6) is -2.01. The lowest BCUT2D eigenvalue weighted by Gasteiger charge is -2.37. The third-order valence-corrected chi connectivity index (χ3v) is 8.80. The zero-order valence-corrected chi connectivity index (χ0v) is 28.7. The van der Waals surface area contributed by atoms with Crippen LogP contribution in [-0.2, 0) is 16.0 Å². The van der Waals surface area contributed by atoms with Crippen molar-refractivity contribution in [2.45, 2.75) is 64.8 Å². The Morgan fingerprint density at radius 3 is 2.30 bits per heavy atom. The van der Waals surface area contributed by atoms with E-state index in [1.54, 1.807) is 35.9 Å². The van der Waals surface area contributed by atoms with E-state index in [2.05, 4.69) is 20.6 Å². The molecule has 4 aromatic rings. The highest BCUT2D eigenvalue weighted by Gasteiger charge is 2.44. The Morgan fingerprint density at radius 2 is 1.66 bits per heavy atom. The molecule has 266 valence electrons. The molecule has 11 nitrogen and oxygen atoms in total. The van der Waals surface area contributed by atoms with E-state index < -0.39 is 47.2 Å². The summed E-state index contributed by atoms with van der Waals surface area (Å²) in [7, 11) is 1.65. The van der Waals surface area contributed by atoms with Crippen LogP contribution in [0.5, 0.6) is 5.75 Å². The van der Waals surface area contributed by atoms with Gasteiger partial charge in [0.1, 0.15) is 35.2 Å². The first-order chi connectivity index (χ1) is 23.7. The molecule has 50 heavy (non-hydrogen) atoms. The molecule has 14 heteroatoms. The number of carbonyl (C=O) groups is 3. The molecule has 3 amide bonds. The van der Waals surface area contributed by atoms with Crippen LogP contribution in [0.4, 0.5) is 13.2 Å². The fourth-order valence-corrected chi connectivity index (χ4v) is 5.89. The molecule has 0 aliphatic carbocycles. The number of nitrogens with zero attached hydrogens (tertiary/aromatic N) is 5. The third kappa shape index (κ3) is 8.78. The summed E-state index contributed by atoms with van der Waals surface area (Å²) in [6.45, 7) is 7.65. The van der Waals surface area contributed by atoms with Crippen molar-refractivity contribution in [2.24, 2.45) is 5.41 Å². The van der Waals surface area contributed by atoms with Gasteiger partial charge < -0.3 is 25.2 Å². The molecule has 2 aromatic heterocycles. The van der Waals surface area contributed by atoms with Gasteiger partial charge in [-0.05, 0) is 67.8 Å². The summed E-state index contributed by atoms with van der Waals surface area (Å²) in [6, 6.07) is 9.49. The standard InChI is InChI=1S/C36H42F3N7O4/c1-22(40-5)32(47)43-31(36(2,3)4)34(49)46-20-29(50-28-12-10-25(38)11-13-28)16-27(46)19-44(15-14-23-6-8-24(37)9-7-23)33(48)30-21-45-18-26(39)17-41-35(45)42-30/h6-13,17-18,21-22,27,29,31,40H,14-16,19-20H2,1-5H3,(H,43,47). The Morgan fingerprint density at radius 1 is 1.00 bits per heavy atom. The number of hydrogen-bond donors (Lipinski definition) is 2. The van der Waals surface area contributed by atoms with E-state index in [0.29, 0.717) is 18.6 Å². The normalized spacial score (nSPS) is 17.4. The van der Waals surface area contributed by atoms with Gasteiger partial charge in [-0.1, -0.05) is 32.9 Å². The first kappa shape index (κ1) is 36.3. The number of halogens is 3. The second kappa shape index (κ2) is 15.3. The number of hydrogen-bond acceptors (Lipinski definition) is 7. The summed E-state index contributed by atoms with van der Waals surface area (Å²) < 4.78 is 48.7. The third-order valence-electron chi connectivity index (χ3n) is 8.80. The second-order valence-corrected chi connectivity index (χ2v) is 13.6. The van der Waals surface area contributed by atoms with E-state index >= 15 is 0 Å². The van der Waals surface area contributed by atoms with Gasteiger partial charge in [-0.2, -0.15) is 0 Å². The molecule has 2 aromatic carbocycles. The van der Waals surface area contributed by atoms with Gasteiger partial charge in [0.15, 0.2) is 5.82 Å². The van der Waals surface area contributed by atoms with E-state index in [1.165, 1.54) is 53.2 Å². The maximum atomic E-state index is 14.5. The predicted octanol–water partition coefficient (Wildman–Crippen LogP) is 4.02. The maximum absolute atomic E-state index is 14.5. The number of fused-ring (bicyclic) bond motifs is 1. The number of nitrogens with one attached hydrogen (secondary N) is 2. The molecule has 5 rings (SSSR count). The van der Waals surface area contributed by atoms with Crippen molar-refractivity contribution < 1.29 is 32.3 Å². The molecule has 1 saturated heterocycles. The van der Waals surface area contributed by atoms with Crippen molar-refractivity contribution in [1.82, 2.24) is 34.8 Å². The van der Waals surface area contributed by atoms with E-state index in [0.717, 1.165) is 11.8 Å². The van der Waals surface area contributed by atoms with Crippen molar-refractivity contribution in [3.63, 3.8) is 0 Å². The van der Waals surface area contributed by atoms with Crippen LogP contribution in [0.25, 0.3) is 5.78 Å². The number of ether oxygens (including phenoxy) is 1. The molecule has 1 fully saturated rings. The molecule has 2 N–H and O–H groups in total. The van der Waals surface area contributed by atoms with Gasteiger partial charge in [0.2, 0.25) is 17.6 Å². The zero-order chi connectivity index (χ0) is 36.2.